The van der Waals surface area contributed by atoms with Gasteiger partial charge in [-0.1, -0.05) is 6.92 Å². The summed E-state index contributed by atoms with van der Waals surface area (Å²) in [6, 6.07) is 0.0746. The number of amides is 1. The van der Waals surface area contributed by atoms with Crippen LogP contribution in [-0.4, -0.2) is 62.2 Å². The zero-order chi connectivity index (χ0) is 14.4. The number of ether oxygens (including phenoxy) is 2. The Bertz CT molecular complexity index is 318. The molecular weight excluding hydrogens is 260 g/mol. The van der Waals surface area contributed by atoms with E-state index in [1.165, 1.54) is 0 Å². The van der Waals surface area contributed by atoms with Crippen molar-refractivity contribution in [2.24, 2.45) is 5.92 Å². The second-order valence-electron chi connectivity index (χ2n) is 5.74. The molecule has 2 aliphatic rings. The van der Waals surface area contributed by atoms with Crippen molar-refractivity contribution in [1.29, 1.82) is 0 Å². The SMILES string of the molecule is CCCNC1COCC1C(=O)NC1(CO)CCOCC1. The molecule has 0 radical (unpaired) electrons. The van der Waals surface area contributed by atoms with Gasteiger partial charge in [0.15, 0.2) is 0 Å². The summed E-state index contributed by atoms with van der Waals surface area (Å²) in [7, 11) is 0. The van der Waals surface area contributed by atoms with E-state index in [0.717, 1.165) is 13.0 Å². The van der Waals surface area contributed by atoms with E-state index < -0.39 is 5.54 Å². The minimum atomic E-state index is -0.521. The largest absolute Gasteiger partial charge is 0.394 e. The molecular formula is C14H26N2O4. The van der Waals surface area contributed by atoms with Crippen molar-refractivity contribution in [3.05, 3.63) is 0 Å². The normalized spacial score (nSPS) is 29.3. The van der Waals surface area contributed by atoms with Gasteiger partial charge in [-0.05, 0) is 25.8 Å². The molecule has 2 heterocycles. The Labute approximate surface area is 120 Å². The van der Waals surface area contributed by atoms with Gasteiger partial charge in [0.05, 0.1) is 31.3 Å². The minimum Gasteiger partial charge on any atom is -0.394 e. The van der Waals surface area contributed by atoms with Crippen LogP contribution in [0.15, 0.2) is 0 Å². The Morgan fingerprint density at radius 3 is 2.70 bits per heavy atom. The second-order valence-corrected chi connectivity index (χ2v) is 5.74. The molecule has 20 heavy (non-hydrogen) atoms. The predicted molar refractivity (Wildman–Crippen MR) is 74.4 cm³/mol. The maximum Gasteiger partial charge on any atom is 0.227 e. The Morgan fingerprint density at radius 1 is 1.30 bits per heavy atom. The number of carbonyl (C=O) groups is 1. The molecule has 0 saturated carbocycles. The van der Waals surface area contributed by atoms with Crippen molar-refractivity contribution in [2.75, 3.05) is 39.6 Å². The van der Waals surface area contributed by atoms with Gasteiger partial charge < -0.3 is 25.2 Å². The summed E-state index contributed by atoms with van der Waals surface area (Å²) < 4.78 is 10.7. The summed E-state index contributed by atoms with van der Waals surface area (Å²) in [4.78, 5) is 12.5. The van der Waals surface area contributed by atoms with E-state index in [4.69, 9.17) is 9.47 Å². The summed E-state index contributed by atoms with van der Waals surface area (Å²) in [5, 5.41) is 16.0. The lowest BCUT2D eigenvalue weighted by atomic mass is 9.89. The Hall–Kier alpha value is -0.690. The van der Waals surface area contributed by atoms with E-state index >= 15 is 0 Å². The molecule has 2 fully saturated rings. The van der Waals surface area contributed by atoms with Crippen LogP contribution >= 0.6 is 0 Å². The molecule has 3 N–H and O–H groups in total. The van der Waals surface area contributed by atoms with E-state index in [1.54, 1.807) is 0 Å². The maximum atomic E-state index is 12.5. The highest BCUT2D eigenvalue weighted by Crippen LogP contribution is 2.22. The number of nitrogens with one attached hydrogen (secondary N) is 2. The van der Waals surface area contributed by atoms with Crippen LogP contribution < -0.4 is 10.6 Å². The van der Waals surface area contributed by atoms with Gasteiger partial charge in [0.25, 0.3) is 0 Å². The summed E-state index contributed by atoms with van der Waals surface area (Å²) in [5.41, 5.74) is -0.521. The summed E-state index contributed by atoms with van der Waals surface area (Å²) in [6.45, 7) is 5.14. The fourth-order valence-corrected chi connectivity index (χ4v) is 2.78. The van der Waals surface area contributed by atoms with Crippen LogP contribution in [-0.2, 0) is 14.3 Å². The second kappa shape index (κ2) is 7.36. The molecule has 6 heteroatoms. The first-order chi connectivity index (χ1) is 9.71. The van der Waals surface area contributed by atoms with Crippen LogP contribution in [0.25, 0.3) is 0 Å². The van der Waals surface area contributed by atoms with Crippen LogP contribution in [0.5, 0.6) is 0 Å². The van der Waals surface area contributed by atoms with E-state index in [2.05, 4.69) is 17.6 Å². The van der Waals surface area contributed by atoms with E-state index in [0.29, 0.717) is 39.3 Å². The Kier molecular flexibility index (Phi) is 5.77. The molecule has 6 nitrogen and oxygen atoms in total. The zero-order valence-electron chi connectivity index (χ0n) is 12.2. The number of hydrogen-bond donors (Lipinski definition) is 3. The van der Waals surface area contributed by atoms with Crippen molar-refractivity contribution >= 4 is 5.91 Å². The first-order valence-electron chi connectivity index (χ1n) is 7.52. The number of aliphatic hydroxyl groups is 1. The van der Waals surface area contributed by atoms with Crippen LogP contribution in [0.3, 0.4) is 0 Å². The number of hydrogen-bond acceptors (Lipinski definition) is 5. The number of carbonyl (C=O) groups excluding carboxylic acids is 1. The third-order valence-electron chi connectivity index (χ3n) is 4.21. The fraction of sp³-hybridized carbons (Fsp3) is 0.929. The molecule has 2 rings (SSSR count). The van der Waals surface area contributed by atoms with Gasteiger partial charge in [0.1, 0.15) is 0 Å². The molecule has 0 spiro atoms. The average molecular weight is 286 g/mol. The maximum absolute atomic E-state index is 12.5. The molecule has 2 aliphatic heterocycles. The Balaban J connectivity index is 1.92. The zero-order valence-corrected chi connectivity index (χ0v) is 12.2. The highest BCUT2D eigenvalue weighted by Gasteiger charge is 2.39. The van der Waals surface area contributed by atoms with Crippen molar-refractivity contribution in [1.82, 2.24) is 10.6 Å². The van der Waals surface area contributed by atoms with Gasteiger partial charge >= 0.3 is 0 Å². The molecule has 2 saturated heterocycles. The molecule has 0 aromatic heterocycles. The minimum absolute atomic E-state index is 0.0212. The van der Waals surface area contributed by atoms with Crippen molar-refractivity contribution in [3.63, 3.8) is 0 Å². The van der Waals surface area contributed by atoms with Crippen LogP contribution in [0, 0.1) is 5.92 Å². The first kappa shape index (κ1) is 15.7. The van der Waals surface area contributed by atoms with Gasteiger partial charge in [-0.15, -0.1) is 0 Å². The number of rotatable bonds is 6. The molecule has 0 bridgehead atoms. The lowest BCUT2D eigenvalue weighted by Gasteiger charge is -2.37. The van der Waals surface area contributed by atoms with Crippen molar-refractivity contribution in [3.8, 4) is 0 Å². The van der Waals surface area contributed by atoms with Crippen LogP contribution in [0.1, 0.15) is 26.2 Å². The lowest BCUT2D eigenvalue weighted by molar-refractivity contribution is -0.129. The number of aliphatic hydroxyl groups excluding tert-OH is 1. The van der Waals surface area contributed by atoms with Gasteiger partial charge in [-0.3, -0.25) is 4.79 Å². The highest BCUT2D eigenvalue weighted by atomic mass is 16.5. The van der Waals surface area contributed by atoms with Crippen LogP contribution in [0.4, 0.5) is 0 Å². The van der Waals surface area contributed by atoms with Crippen molar-refractivity contribution < 1.29 is 19.4 Å². The summed E-state index contributed by atoms with van der Waals surface area (Å²) in [6.07, 6.45) is 2.36. The molecule has 116 valence electrons. The van der Waals surface area contributed by atoms with E-state index in [9.17, 15) is 9.90 Å². The van der Waals surface area contributed by atoms with E-state index in [1.807, 2.05) is 0 Å². The monoisotopic (exact) mass is 286 g/mol. The molecule has 2 unspecified atom stereocenters. The van der Waals surface area contributed by atoms with Gasteiger partial charge in [-0.25, -0.2) is 0 Å². The Morgan fingerprint density at radius 2 is 2.05 bits per heavy atom. The average Bonchev–Trinajstić information content (AvgIpc) is 2.94. The molecule has 1 amide bonds. The molecule has 0 aromatic carbocycles. The van der Waals surface area contributed by atoms with Crippen LogP contribution in [0.2, 0.25) is 0 Å². The van der Waals surface area contributed by atoms with Gasteiger partial charge in [0, 0.05) is 19.3 Å². The first-order valence-corrected chi connectivity index (χ1v) is 7.52. The lowest BCUT2D eigenvalue weighted by Crippen LogP contribution is -2.57. The highest BCUT2D eigenvalue weighted by molar-refractivity contribution is 5.80. The fourth-order valence-electron chi connectivity index (χ4n) is 2.78. The predicted octanol–water partition coefficient (Wildman–Crippen LogP) is -0.341. The summed E-state index contributed by atoms with van der Waals surface area (Å²) in [5.74, 6) is -0.195. The quantitative estimate of drug-likeness (QED) is 0.622. The van der Waals surface area contributed by atoms with Gasteiger partial charge in [-0.2, -0.15) is 0 Å². The van der Waals surface area contributed by atoms with Gasteiger partial charge in [0.2, 0.25) is 5.91 Å². The third-order valence-corrected chi connectivity index (χ3v) is 4.21. The smallest absolute Gasteiger partial charge is 0.227 e. The molecule has 2 atom stereocenters. The third kappa shape index (κ3) is 3.69. The molecule has 0 aromatic rings. The van der Waals surface area contributed by atoms with E-state index in [-0.39, 0.29) is 24.5 Å². The standard InChI is InChI=1S/C14H26N2O4/c1-2-5-15-12-9-20-8-11(12)13(18)16-14(10-17)3-6-19-7-4-14/h11-12,15,17H,2-10H2,1H3,(H,16,18). The summed E-state index contributed by atoms with van der Waals surface area (Å²) >= 11 is 0. The topological polar surface area (TPSA) is 79.8 Å². The van der Waals surface area contributed by atoms with Crippen molar-refractivity contribution in [2.45, 2.75) is 37.8 Å². The molecule has 0 aliphatic carbocycles.